The number of rotatable bonds is 8. The zero-order valence-corrected chi connectivity index (χ0v) is 15.1. The van der Waals surface area contributed by atoms with E-state index in [0.29, 0.717) is 5.75 Å². The molecule has 1 fully saturated rings. The second kappa shape index (κ2) is 10.8. The molecule has 2 rings (SSSR count). The van der Waals surface area contributed by atoms with E-state index < -0.39 is 31.1 Å². The lowest BCUT2D eigenvalue weighted by Crippen LogP contribution is -2.45. The van der Waals surface area contributed by atoms with Crippen molar-refractivity contribution in [1.82, 2.24) is 10.6 Å². The minimum absolute atomic E-state index is 0.0947. The molecule has 1 aromatic rings. The fourth-order valence-corrected chi connectivity index (χ4v) is 2.52. The van der Waals surface area contributed by atoms with Crippen molar-refractivity contribution >= 4 is 24.1 Å². The molecular weight excluding hydrogens is 354 g/mol. The second-order valence-corrected chi connectivity index (χ2v) is 5.94. The summed E-state index contributed by atoms with van der Waals surface area (Å²) in [7, 11) is 1.57. The maximum absolute atomic E-state index is 11.6. The molecule has 0 aromatic heterocycles. The minimum atomic E-state index is -0.770. The number of carbonyl (C=O) groups excluding carboxylic acids is 3. The molecule has 0 spiro atoms. The maximum atomic E-state index is 11.6. The van der Waals surface area contributed by atoms with Crippen molar-refractivity contribution in [3.8, 4) is 5.75 Å². The van der Waals surface area contributed by atoms with Crippen LogP contribution in [-0.2, 0) is 19.2 Å². The molecule has 1 saturated carbocycles. The van der Waals surface area contributed by atoms with Crippen molar-refractivity contribution in [3.63, 3.8) is 0 Å². The topological polar surface area (TPSA) is 115 Å². The van der Waals surface area contributed by atoms with Crippen molar-refractivity contribution in [1.29, 1.82) is 0 Å². The number of imide groups is 1. The van der Waals surface area contributed by atoms with E-state index in [1.165, 1.54) is 6.21 Å². The summed E-state index contributed by atoms with van der Waals surface area (Å²) in [5.74, 6) is -0.763. The van der Waals surface area contributed by atoms with E-state index in [9.17, 15) is 14.4 Å². The number of oxime groups is 1. The molecule has 1 aliphatic rings. The summed E-state index contributed by atoms with van der Waals surface area (Å²) in [6, 6.07) is 6.57. The zero-order chi connectivity index (χ0) is 19.5. The quantitative estimate of drug-likeness (QED) is 0.401. The molecule has 9 heteroatoms. The van der Waals surface area contributed by atoms with E-state index in [-0.39, 0.29) is 6.04 Å². The number of esters is 1. The van der Waals surface area contributed by atoms with Gasteiger partial charge < -0.3 is 19.6 Å². The highest BCUT2D eigenvalue weighted by molar-refractivity contribution is 5.95. The monoisotopic (exact) mass is 377 g/mol. The van der Waals surface area contributed by atoms with Crippen LogP contribution in [0.1, 0.15) is 31.2 Å². The lowest BCUT2D eigenvalue weighted by molar-refractivity contribution is -0.152. The highest BCUT2D eigenvalue weighted by atomic mass is 16.7. The Hall–Kier alpha value is -3.10. The third-order valence-electron chi connectivity index (χ3n) is 3.88. The molecule has 146 valence electrons. The fraction of sp³-hybridized carbons (Fsp3) is 0.444. The first-order chi connectivity index (χ1) is 13.1. The van der Waals surface area contributed by atoms with Crippen molar-refractivity contribution in [2.45, 2.75) is 31.7 Å². The highest BCUT2D eigenvalue weighted by Gasteiger charge is 2.18. The predicted octanol–water partition coefficient (Wildman–Crippen LogP) is 1.36. The fourth-order valence-electron chi connectivity index (χ4n) is 2.52. The molecule has 9 nitrogen and oxygen atoms in total. The summed E-state index contributed by atoms with van der Waals surface area (Å²) in [4.78, 5) is 39.5. The Balaban J connectivity index is 1.58. The molecule has 2 N–H and O–H groups in total. The number of amides is 3. The van der Waals surface area contributed by atoms with Crippen molar-refractivity contribution in [3.05, 3.63) is 29.8 Å². The van der Waals surface area contributed by atoms with Crippen LogP contribution in [0, 0.1) is 0 Å². The van der Waals surface area contributed by atoms with Crippen LogP contribution in [0.4, 0.5) is 4.79 Å². The van der Waals surface area contributed by atoms with Gasteiger partial charge in [-0.3, -0.25) is 10.1 Å². The van der Waals surface area contributed by atoms with Gasteiger partial charge in [0, 0.05) is 6.04 Å². The molecule has 0 atom stereocenters. The first kappa shape index (κ1) is 20.2. The molecular formula is C18H23N3O6. The average molecular weight is 377 g/mol. The normalized spacial score (nSPS) is 14.0. The first-order valence-electron chi connectivity index (χ1n) is 8.62. The number of methoxy groups -OCH3 is 1. The summed E-state index contributed by atoms with van der Waals surface area (Å²) >= 11 is 0. The number of carbonyl (C=O) groups is 3. The van der Waals surface area contributed by atoms with E-state index >= 15 is 0 Å². The number of ether oxygens (including phenoxy) is 2. The third kappa shape index (κ3) is 7.76. The summed E-state index contributed by atoms with van der Waals surface area (Å²) in [5.41, 5.74) is 0.761. The molecule has 3 amide bonds. The summed E-state index contributed by atoms with van der Waals surface area (Å²) in [5, 5.41) is 8.45. The number of nitrogens with one attached hydrogen (secondary N) is 2. The lowest BCUT2D eigenvalue weighted by atomic mass is 10.2. The van der Waals surface area contributed by atoms with Gasteiger partial charge in [-0.2, -0.15) is 0 Å². The van der Waals surface area contributed by atoms with Gasteiger partial charge in [-0.1, -0.05) is 18.0 Å². The van der Waals surface area contributed by atoms with Gasteiger partial charge in [-0.25, -0.2) is 9.59 Å². The maximum Gasteiger partial charge on any atom is 0.347 e. The van der Waals surface area contributed by atoms with Crippen LogP contribution in [0.2, 0.25) is 0 Å². The van der Waals surface area contributed by atoms with Gasteiger partial charge in [0.2, 0.25) is 6.61 Å². The Kier molecular flexibility index (Phi) is 8.08. The Labute approximate surface area is 157 Å². The zero-order valence-electron chi connectivity index (χ0n) is 15.1. The Morgan fingerprint density at radius 2 is 1.85 bits per heavy atom. The molecule has 0 aliphatic heterocycles. The number of nitrogens with zero attached hydrogens (tertiary/aromatic N) is 1. The SMILES string of the molecule is COc1ccc(/C=N\OCC(=O)OCC(=O)NC(=O)NC2CCCC2)cc1. The van der Waals surface area contributed by atoms with Gasteiger partial charge in [-0.05, 0) is 42.7 Å². The predicted molar refractivity (Wildman–Crippen MR) is 96.4 cm³/mol. The van der Waals surface area contributed by atoms with E-state index in [1.54, 1.807) is 31.4 Å². The van der Waals surface area contributed by atoms with Gasteiger partial charge in [-0.15, -0.1) is 0 Å². The molecule has 0 bridgehead atoms. The van der Waals surface area contributed by atoms with Crippen molar-refractivity contribution in [2.75, 3.05) is 20.3 Å². The van der Waals surface area contributed by atoms with Crippen LogP contribution >= 0.6 is 0 Å². The van der Waals surface area contributed by atoms with Crippen LogP contribution in [0.5, 0.6) is 5.75 Å². The Bertz CT molecular complexity index is 668. The van der Waals surface area contributed by atoms with Gasteiger partial charge in [0.1, 0.15) is 5.75 Å². The molecule has 0 radical (unpaired) electrons. The Morgan fingerprint density at radius 3 is 2.52 bits per heavy atom. The minimum Gasteiger partial charge on any atom is -0.497 e. The standard InChI is InChI=1S/C18H23N3O6/c1-25-15-8-6-13(7-9-15)10-19-27-12-17(23)26-11-16(22)21-18(24)20-14-4-2-3-5-14/h6-10,14H,2-5,11-12H2,1H3,(H2,20,21,22,24)/b19-10-. The molecule has 0 heterocycles. The summed E-state index contributed by atoms with van der Waals surface area (Å²) in [6.07, 6.45) is 5.37. The van der Waals surface area contributed by atoms with Crippen molar-refractivity contribution < 1.29 is 28.7 Å². The molecule has 1 aromatic carbocycles. The number of hydrogen-bond donors (Lipinski definition) is 2. The lowest BCUT2D eigenvalue weighted by Gasteiger charge is -2.12. The van der Waals surface area contributed by atoms with Gasteiger partial charge in [0.25, 0.3) is 5.91 Å². The first-order valence-corrected chi connectivity index (χ1v) is 8.62. The van der Waals surface area contributed by atoms with E-state index in [1.807, 2.05) is 0 Å². The van der Waals surface area contributed by atoms with Crippen LogP contribution < -0.4 is 15.4 Å². The van der Waals surface area contributed by atoms with E-state index in [2.05, 4.69) is 15.8 Å². The number of hydrogen-bond acceptors (Lipinski definition) is 7. The van der Waals surface area contributed by atoms with E-state index in [0.717, 1.165) is 31.2 Å². The average Bonchev–Trinajstić information content (AvgIpc) is 3.17. The number of benzene rings is 1. The summed E-state index contributed by atoms with van der Waals surface area (Å²) < 4.78 is 9.75. The highest BCUT2D eigenvalue weighted by Crippen LogP contribution is 2.17. The summed E-state index contributed by atoms with van der Waals surface area (Å²) in [6.45, 7) is -1.02. The van der Waals surface area contributed by atoms with Crippen molar-refractivity contribution in [2.24, 2.45) is 5.16 Å². The van der Waals surface area contributed by atoms with Crippen LogP contribution in [0.3, 0.4) is 0 Å². The van der Waals surface area contributed by atoms with Crippen LogP contribution in [-0.4, -0.2) is 50.5 Å². The molecule has 27 heavy (non-hydrogen) atoms. The Morgan fingerprint density at radius 1 is 1.15 bits per heavy atom. The van der Waals surface area contributed by atoms with Gasteiger partial charge in [0.15, 0.2) is 6.61 Å². The van der Waals surface area contributed by atoms with Crippen LogP contribution in [0.25, 0.3) is 0 Å². The van der Waals surface area contributed by atoms with Gasteiger partial charge in [0.05, 0.1) is 13.3 Å². The second-order valence-electron chi connectivity index (χ2n) is 5.94. The molecule has 1 aliphatic carbocycles. The molecule has 0 unspecified atom stereocenters. The molecule has 0 saturated heterocycles. The van der Waals surface area contributed by atoms with E-state index in [4.69, 9.17) is 14.3 Å². The van der Waals surface area contributed by atoms with Gasteiger partial charge >= 0.3 is 12.0 Å². The smallest absolute Gasteiger partial charge is 0.347 e. The number of urea groups is 1. The largest absolute Gasteiger partial charge is 0.497 e. The van der Waals surface area contributed by atoms with Crippen LogP contribution in [0.15, 0.2) is 29.4 Å². The third-order valence-corrected chi connectivity index (χ3v) is 3.88.